The number of amides is 2. The fraction of sp³-hybridized carbons (Fsp3) is 0.316. The van der Waals surface area contributed by atoms with Gasteiger partial charge in [-0.1, -0.05) is 43.3 Å². The van der Waals surface area contributed by atoms with Crippen molar-refractivity contribution in [2.75, 3.05) is 6.61 Å². The van der Waals surface area contributed by atoms with Gasteiger partial charge in [-0.15, -0.1) is 0 Å². The fourth-order valence-corrected chi connectivity index (χ4v) is 2.74. The number of fused-ring (bicyclic) bond motifs is 1. The molecule has 0 saturated carbocycles. The van der Waals surface area contributed by atoms with Gasteiger partial charge in [0.05, 0.1) is 13.0 Å². The maximum absolute atomic E-state index is 12.7. The van der Waals surface area contributed by atoms with E-state index in [1.807, 2.05) is 30.3 Å². The third kappa shape index (κ3) is 4.56. The van der Waals surface area contributed by atoms with Crippen LogP contribution in [-0.4, -0.2) is 30.4 Å². The van der Waals surface area contributed by atoms with Gasteiger partial charge in [-0.3, -0.25) is 14.4 Å². The summed E-state index contributed by atoms with van der Waals surface area (Å²) < 4.78 is 4.89. The van der Waals surface area contributed by atoms with Crippen LogP contribution in [0.3, 0.4) is 0 Å². The minimum absolute atomic E-state index is 0.00271. The molecule has 2 atom stereocenters. The molecule has 6 heteroatoms. The Morgan fingerprint density at radius 2 is 1.80 bits per heavy atom. The second-order valence-corrected chi connectivity index (χ2v) is 5.87. The molecule has 0 aliphatic rings. The average Bonchev–Trinajstić information content (AvgIpc) is 2.58. The molecular weight excluding hydrogens is 320 g/mol. The summed E-state index contributed by atoms with van der Waals surface area (Å²) in [6.07, 6.45) is -0.00271. The molecule has 2 rings (SSSR count). The molecule has 2 aromatic carbocycles. The molecular formula is C19H22N2O4. The van der Waals surface area contributed by atoms with Crippen LogP contribution in [0, 0.1) is 5.92 Å². The van der Waals surface area contributed by atoms with E-state index in [1.54, 1.807) is 26.0 Å². The van der Waals surface area contributed by atoms with Gasteiger partial charge in [0.15, 0.2) is 0 Å². The Bertz CT molecular complexity index is 783. The number of hydrogen-bond acceptors (Lipinski definition) is 4. The maximum atomic E-state index is 12.7. The minimum atomic E-state index is -0.962. The average molecular weight is 342 g/mol. The summed E-state index contributed by atoms with van der Waals surface area (Å²) >= 11 is 0. The monoisotopic (exact) mass is 342 g/mol. The van der Waals surface area contributed by atoms with Crippen molar-refractivity contribution in [1.82, 2.24) is 5.32 Å². The van der Waals surface area contributed by atoms with Gasteiger partial charge in [0.2, 0.25) is 5.91 Å². The summed E-state index contributed by atoms with van der Waals surface area (Å²) in [4.78, 5) is 36.0. The number of esters is 1. The van der Waals surface area contributed by atoms with Crippen molar-refractivity contribution in [3.05, 3.63) is 48.0 Å². The summed E-state index contributed by atoms with van der Waals surface area (Å²) in [6, 6.07) is 11.9. The van der Waals surface area contributed by atoms with Gasteiger partial charge < -0.3 is 15.8 Å². The zero-order valence-corrected chi connectivity index (χ0v) is 14.3. The predicted molar refractivity (Wildman–Crippen MR) is 94.8 cm³/mol. The number of carbonyl (C=O) groups is 3. The van der Waals surface area contributed by atoms with E-state index in [4.69, 9.17) is 10.5 Å². The van der Waals surface area contributed by atoms with Crippen LogP contribution in [0.4, 0.5) is 0 Å². The molecule has 6 nitrogen and oxygen atoms in total. The van der Waals surface area contributed by atoms with Crippen molar-refractivity contribution in [1.29, 1.82) is 0 Å². The largest absolute Gasteiger partial charge is 0.466 e. The number of nitrogens with two attached hydrogens (primary N) is 1. The van der Waals surface area contributed by atoms with Crippen molar-refractivity contribution in [3.8, 4) is 0 Å². The molecule has 0 aliphatic carbocycles. The molecule has 0 bridgehead atoms. The number of carbonyl (C=O) groups excluding carboxylic acids is 3. The van der Waals surface area contributed by atoms with E-state index in [0.29, 0.717) is 5.56 Å². The molecule has 3 N–H and O–H groups in total. The normalized spacial score (nSPS) is 13.0. The smallest absolute Gasteiger partial charge is 0.306 e. The zero-order valence-electron chi connectivity index (χ0n) is 14.3. The van der Waals surface area contributed by atoms with Crippen LogP contribution >= 0.6 is 0 Å². The van der Waals surface area contributed by atoms with E-state index in [2.05, 4.69) is 5.32 Å². The second-order valence-electron chi connectivity index (χ2n) is 5.87. The summed E-state index contributed by atoms with van der Waals surface area (Å²) in [6.45, 7) is 3.64. The van der Waals surface area contributed by atoms with Gasteiger partial charge in [-0.25, -0.2) is 0 Å². The molecule has 0 fully saturated rings. The molecule has 0 aliphatic heterocycles. The zero-order chi connectivity index (χ0) is 18.4. The van der Waals surface area contributed by atoms with Crippen LogP contribution in [-0.2, 0) is 14.3 Å². The predicted octanol–water partition coefficient (Wildman–Crippen LogP) is 2.01. The molecule has 0 heterocycles. The lowest BCUT2D eigenvalue weighted by molar-refractivity contribution is -0.144. The molecule has 0 spiro atoms. The Morgan fingerprint density at radius 1 is 1.12 bits per heavy atom. The highest BCUT2D eigenvalue weighted by Gasteiger charge is 2.28. The molecule has 0 aromatic heterocycles. The van der Waals surface area contributed by atoms with Crippen molar-refractivity contribution in [3.63, 3.8) is 0 Å². The Kier molecular flexibility index (Phi) is 6.11. The van der Waals surface area contributed by atoms with E-state index in [0.717, 1.165) is 10.8 Å². The van der Waals surface area contributed by atoms with Crippen molar-refractivity contribution >= 4 is 28.6 Å². The fourth-order valence-electron chi connectivity index (χ4n) is 2.74. The second kappa shape index (κ2) is 8.28. The number of primary amides is 1. The lowest BCUT2D eigenvalue weighted by Gasteiger charge is -2.22. The summed E-state index contributed by atoms with van der Waals surface area (Å²) in [7, 11) is 0. The summed E-state index contributed by atoms with van der Waals surface area (Å²) in [5, 5.41) is 4.35. The third-order valence-corrected chi connectivity index (χ3v) is 3.99. The first-order valence-electron chi connectivity index (χ1n) is 8.17. The third-order valence-electron chi connectivity index (χ3n) is 3.99. The van der Waals surface area contributed by atoms with Crippen molar-refractivity contribution in [2.24, 2.45) is 11.7 Å². The Hall–Kier alpha value is -2.89. The topological polar surface area (TPSA) is 98.5 Å². The highest BCUT2D eigenvalue weighted by molar-refractivity contribution is 6.08. The molecule has 132 valence electrons. The molecule has 0 radical (unpaired) electrons. The minimum Gasteiger partial charge on any atom is -0.466 e. The first-order chi connectivity index (χ1) is 11.9. The number of benzene rings is 2. The highest BCUT2D eigenvalue weighted by Crippen LogP contribution is 2.19. The Morgan fingerprint density at radius 3 is 2.48 bits per heavy atom. The SMILES string of the molecule is CCOC(=O)C[C@@H](C)[C@@H](NC(=O)c1cccc2ccccc12)C(N)=O. The number of ether oxygens (including phenoxy) is 1. The van der Waals surface area contributed by atoms with Crippen molar-refractivity contribution in [2.45, 2.75) is 26.3 Å². The van der Waals surface area contributed by atoms with E-state index < -0.39 is 29.7 Å². The van der Waals surface area contributed by atoms with Gasteiger partial charge in [0, 0.05) is 5.56 Å². The van der Waals surface area contributed by atoms with E-state index in [9.17, 15) is 14.4 Å². The van der Waals surface area contributed by atoms with Gasteiger partial charge in [-0.2, -0.15) is 0 Å². The Balaban J connectivity index is 2.20. The van der Waals surface area contributed by atoms with E-state index in [1.165, 1.54) is 0 Å². The molecule has 2 aromatic rings. The molecule has 25 heavy (non-hydrogen) atoms. The lowest BCUT2D eigenvalue weighted by Crippen LogP contribution is -2.49. The van der Waals surface area contributed by atoms with E-state index >= 15 is 0 Å². The number of nitrogens with one attached hydrogen (secondary N) is 1. The first-order valence-corrected chi connectivity index (χ1v) is 8.17. The first kappa shape index (κ1) is 18.4. The summed E-state index contributed by atoms with van der Waals surface area (Å²) in [5.74, 6) is -2.00. The van der Waals surface area contributed by atoms with Crippen LogP contribution < -0.4 is 11.1 Å². The van der Waals surface area contributed by atoms with Crippen LogP contribution in [0.1, 0.15) is 30.6 Å². The van der Waals surface area contributed by atoms with E-state index in [-0.39, 0.29) is 13.0 Å². The Labute approximate surface area is 146 Å². The number of hydrogen-bond donors (Lipinski definition) is 2. The lowest BCUT2D eigenvalue weighted by atomic mass is 9.96. The highest BCUT2D eigenvalue weighted by atomic mass is 16.5. The van der Waals surface area contributed by atoms with Gasteiger partial charge in [-0.05, 0) is 29.7 Å². The van der Waals surface area contributed by atoms with Crippen molar-refractivity contribution < 1.29 is 19.1 Å². The van der Waals surface area contributed by atoms with Gasteiger partial charge in [0.25, 0.3) is 5.91 Å². The molecule has 2 amide bonds. The van der Waals surface area contributed by atoms with Crippen LogP contribution in [0.5, 0.6) is 0 Å². The summed E-state index contributed by atoms with van der Waals surface area (Å²) in [5.41, 5.74) is 5.87. The van der Waals surface area contributed by atoms with Crippen LogP contribution in [0.25, 0.3) is 10.8 Å². The molecule has 0 saturated heterocycles. The molecule has 0 unspecified atom stereocenters. The van der Waals surface area contributed by atoms with Gasteiger partial charge >= 0.3 is 5.97 Å². The van der Waals surface area contributed by atoms with Crippen LogP contribution in [0.2, 0.25) is 0 Å². The standard InChI is InChI=1S/C19H22N2O4/c1-3-25-16(22)11-12(2)17(18(20)23)21-19(24)15-10-6-8-13-7-4-5-9-14(13)15/h4-10,12,17H,3,11H2,1-2H3,(H2,20,23)(H,21,24)/t12-,17-/m1/s1. The van der Waals surface area contributed by atoms with Crippen LogP contribution in [0.15, 0.2) is 42.5 Å². The quantitative estimate of drug-likeness (QED) is 0.752. The van der Waals surface area contributed by atoms with Gasteiger partial charge in [0.1, 0.15) is 6.04 Å². The maximum Gasteiger partial charge on any atom is 0.306 e. The number of rotatable bonds is 7.